The van der Waals surface area contributed by atoms with Crippen LogP contribution in [-0.4, -0.2) is 70.0 Å². The number of likely N-dealkylation sites (N-methyl/N-ethyl adjacent to an activating group) is 1. The monoisotopic (exact) mass is 756 g/mol. The first-order chi connectivity index (χ1) is 25.0. The van der Waals surface area contributed by atoms with Gasteiger partial charge in [0.15, 0.2) is 6.10 Å². The number of esters is 2. The second-order valence-electron chi connectivity index (χ2n) is 15.0. The van der Waals surface area contributed by atoms with E-state index >= 15 is 0 Å². The molecule has 0 aliphatic carbocycles. The minimum atomic E-state index is -4.63. The van der Waals surface area contributed by atoms with E-state index in [1.807, 2.05) is 21.1 Å². The Balaban J connectivity index is 4.46. The lowest BCUT2D eigenvalue weighted by Crippen LogP contribution is -2.37. The predicted molar refractivity (Wildman–Crippen MR) is 213 cm³/mol. The lowest BCUT2D eigenvalue weighted by molar-refractivity contribution is -0.870. The number of unbranched alkanes of at least 4 members (excludes halogenated alkanes) is 17. The average molecular weight is 756 g/mol. The largest absolute Gasteiger partial charge is 0.756 e. The molecule has 304 valence electrons. The zero-order valence-electron chi connectivity index (χ0n) is 34.0. The second kappa shape index (κ2) is 35.0. The van der Waals surface area contributed by atoms with Gasteiger partial charge in [-0.05, 0) is 51.4 Å². The van der Waals surface area contributed by atoms with Gasteiger partial charge in [-0.3, -0.25) is 14.2 Å². The Hall–Kier alpha value is -1.77. The van der Waals surface area contributed by atoms with Crippen LogP contribution in [0.4, 0.5) is 0 Å². The number of quaternary nitrogens is 1. The van der Waals surface area contributed by atoms with Crippen molar-refractivity contribution in [1.82, 2.24) is 0 Å². The molecular formula is C42H78NO8P. The molecule has 0 aromatic carbocycles. The summed E-state index contributed by atoms with van der Waals surface area (Å²) in [7, 11) is 1.14. The summed E-state index contributed by atoms with van der Waals surface area (Å²) in [6, 6.07) is 0. The molecule has 9 nitrogen and oxygen atoms in total. The first-order valence-corrected chi connectivity index (χ1v) is 22.2. The van der Waals surface area contributed by atoms with Gasteiger partial charge in [0.2, 0.25) is 0 Å². The highest BCUT2D eigenvalue weighted by atomic mass is 31.2. The summed E-state index contributed by atoms with van der Waals surface area (Å²) in [6.45, 7) is 4.14. The number of carbonyl (C=O) groups excluding carboxylic acids is 2. The first kappa shape index (κ1) is 50.2. The predicted octanol–water partition coefficient (Wildman–Crippen LogP) is 10.7. The normalized spacial score (nSPS) is 14.0. The topological polar surface area (TPSA) is 111 Å². The molecule has 0 amide bonds. The standard InChI is InChI=1S/C42H78NO8P/c1-6-8-10-12-14-16-18-20-21-23-24-26-28-30-32-34-41(44)48-38-40(39-50-52(46,47)49-37-36-43(3,4)5)51-42(45)35-33-31-29-27-25-22-19-17-15-13-11-9-7-2/h14,16,20-21,24,26,40H,6-13,15,17-19,22-23,25,27-39H2,1-5H3/b16-14+,21-20+,26-24+/t40-/m1/s1. The molecule has 1 unspecified atom stereocenters. The number of nitrogens with zero attached hydrogens (tertiary/aromatic N) is 1. The van der Waals surface area contributed by atoms with E-state index in [-0.39, 0.29) is 26.1 Å². The van der Waals surface area contributed by atoms with Crippen LogP contribution in [0.5, 0.6) is 0 Å². The third-order valence-corrected chi connectivity index (χ3v) is 9.63. The molecule has 0 saturated heterocycles. The Kier molecular flexibility index (Phi) is 33.8. The van der Waals surface area contributed by atoms with Crippen molar-refractivity contribution >= 4 is 19.8 Å². The van der Waals surface area contributed by atoms with Crippen LogP contribution in [0.3, 0.4) is 0 Å². The number of hydrogen-bond donors (Lipinski definition) is 0. The van der Waals surface area contributed by atoms with Crippen LogP contribution >= 0.6 is 7.82 Å². The zero-order chi connectivity index (χ0) is 38.6. The minimum absolute atomic E-state index is 0.0362. The second-order valence-corrected chi connectivity index (χ2v) is 16.4. The molecule has 0 saturated carbocycles. The van der Waals surface area contributed by atoms with Crippen molar-refractivity contribution in [2.75, 3.05) is 47.5 Å². The summed E-state index contributed by atoms with van der Waals surface area (Å²) in [5.74, 6) is -0.878. The number of phosphoric ester groups is 1. The number of ether oxygens (including phenoxy) is 2. The van der Waals surface area contributed by atoms with E-state index in [0.29, 0.717) is 23.9 Å². The van der Waals surface area contributed by atoms with Crippen LogP contribution in [0.2, 0.25) is 0 Å². The molecule has 0 N–H and O–H groups in total. The molecule has 0 aromatic rings. The van der Waals surface area contributed by atoms with Gasteiger partial charge in [0.25, 0.3) is 7.82 Å². The van der Waals surface area contributed by atoms with Crippen molar-refractivity contribution in [3.63, 3.8) is 0 Å². The van der Waals surface area contributed by atoms with Crippen LogP contribution in [0, 0.1) is 0 Å². The third-order valence-electron chi connectivity index (χ3n) is 8.66. The van der Waals surface area contributed by atoms with Crippen molar-refractivity contribution in [1.29, 1.82) is 0 Å². The van der Waals surface area contributed by atoms with Crippen molar-refractivity contribution in [2.45, 2.75) is 174 Å². The van der Waals surface area contributed by atoms with Crippen molar-refractivity contribution < 1.29 is 42.1 Å². The highest BCUT2D eigenvalue weighted by Gasteiger charge is 2.21. The van der Waals surface area contributed by atoms with Gasteiger partial charge < -0.3 is 27.9 Å². The zero-order valence-corrected chi connectivity index (χ0v) is 34.9. The first-order valence-electron chi connectivity index (χ1n) is 20.7. The maximum absolute atomic E-state index is 12.6. The van der Waals surface area contributed by atoms with Crippen LogP contribution in [-0.2, 0) is 32.7 Å². The van der Waals surface area contributed by atoms with Crippen LogP contribution < -0.4 is 4.89 Å². The maximum atomic E-state index is 12.6. The molecule has 52 heavy (non-hydrogen) atoms. The van der Waals surface area contributed by atoms with E-state index in [1.54, 1.807) is 0 Å². The summed E-state index contributed by atoms with van der Waals surface area (Å²) < 4.78 is 33.8. The molecule has 0 rings (SSSR count). The van der Waals surface area contributed by atoms with Gasteiger partial charge in [-0.25, -0.2) is 0 Å². The van der Waals surface area contributed by atoms with E-state index in [0.717, 1.165) is 51.4 Å². The van der Waals surface area contributed by atoms with Crippen LogP contribution in [0.1, 0.15) is 168 Å². The maximum Gasteiger partial charge on any atom is 0.306 e. The Morgan fingerprint density at radius 1 is 0.596 bits per heavy atom. The summed E-state index contributed by atoms with van der Waals surface area (Å²) in [5.41, 5.74) is 0. The lowest BCUT2D eigenvalue weighted by atomic mass is 10.0. The molecule has 10 heteroatoms. The fraction of sp³-hybridized carbons (Fsp3) is 0.810. The molecule has 0 spiro atoms. The van der Waals surface area contributed by atoms with Crippen molar-refractivity contribution in [3.05, 3.63) is 36.5 Å². The summed E-state index contributed by atoms with van der Waals surface area (Å²) in [6.07, 6.45) is 37.4. The molecular weight excluding hydrogens is 677 g/mol. The molecule has 0 aromatic heterocycles. The van der Waals surface area contributed by atoms with Gasteiger partial charge in [-0.15, -0.1) is 0 Å². The summed E-state index contributed by atoms with van der Waals surface area (Å²) >= 11 is 0. The number of hydrogen-bond acceptors (Lipinski definition) is 8. The van der Waals surface area contributed by atoms with Gasteiger partial charge in [-0.1, -0.05) is 140 Å². The molecule has 0 bridgehead atoms. The average Bonchev–Trinajstić information content (AvgIpc) is 3.09. The molecule has 0 aliphatic rings. The highest BCUT2D eigenvalue weighted by Crippen LogP contribution is 2.38. The SMILES string of the molecule is CCCCC/C=C/C/C=C/C/C=C/CCCCC(=O)OC[C@H](COP(=O)([O-])OCC[N+](C)(C)C)OC(=O)CCCCCCCCCCCCCCC. The fourth-order valence-corrected chi connectivity index (χ4v) is 6.09. The Labute approximate surface area is 319 Å². The number of carbonyl (C=O) groups is 2. The number of phosphoric acid groups is 1. The molecule has 0 fully saturated rings. The third kappa shape index (κ3) is 38.0. The quantitative estimate of drug-likeness (QED) is 0.0203. The molecule has 0 heterocycles. The van der Waals surface area contributed by atoms with E-state index in [4.69, 9.17) is 18.5 Å². The minimum Gasteiger partial charge on any atom is -0.756 e. The molecule has 0 aliphatic heterocycles. The van der Waals surface area contributed by atoms with E-state index in [1.165, 1.54) is 77.0 Å². The van der Waals surface area contributed by atoms with Crippen molar-refractivity contribution in [2.24, 2.45) is 0 Å². The van der Waals surface area contributed by atoms with E-state index < -0.39 is 32.5 Å². The molecule has 2 atom stereocenters. The lowest BCUT2D eigenvalue weighted by Gasteiger charge is -2.28. The van der Waals surface area contributed by atoms with Gasteiger partial charge >= 0.3 is 11.9 Å². The van der Waals surface area contributed by atoms with Gasteiger partial charge in [0.1, 0.15) is 19.8 Å². The molecule has 0 radical (unpaired) electrons. The smallest absolute Gasteiger partial charge is 0.306 e. The van der Waals surface area contributed by atoms with E-state index in [9.17, 15) is 19.0 Å². The summed E-state index contributed by atoms with van der Waals surface area (Å²) in [4.78, 5) is 37.4. The number of rotatable bonds is 37. The van der Waals surface area contributed by atoms with Gasteiger partial charge in [-0.2, -0.15) is 0 Å². The summed E-state index contributed by atoms with van der Waals surface area (Å²) in [5, 5.41) is 0. The Morgan fingerprint density at radius 3 is 1.58 bits per heavy atom. The van der Waals surface area contributed by atoms with Gasteiger partial charge in [0, 0.05) is 12.8 Å². The Bertz CT molecular complexity index is 991. The number of allylic oxidation sites excluding steroid dienone is 6. The van der Waals surface area contributed by atoms with Crippen molar-refractivity contribution in [3.8, 4) is 0 Å². The van der Waals surface area contributed by atoms with Crippen LogP contribution in [0.25, 0.3) is 0 Å². The highest BCUT2D eigenvalue weighted by molar-refractivity contribution is 7.45. The Morgan fingerprint density at radius 2 is 1.04 bits per heavy atom. The fourth-order valence-electron chi connectivity index (χ4n) is 5.37. The van der Waals surface area contributed by atoms with E-state index in [2.05, 4.69) is 50.3 Å². The van der Waals surface area contributed by atoms with Crippen LogP contribution in [0.15, 0.2) is 36.5 Å². The van der Waals surface area contributed by atoms with Gasteiger partial charge in [0.05, 0.1) is 27.7 Å².